The third-order valence-electron chi connectivity index (χ3n) is 3.95. The van der Waals surface area contributed by atoms with Crippen LogP contribution in [0, 0.1) is 11.3 Å². The Morgan fingerprint density at radius 3 is 2.69 bits per heavy atom. The van der Waals surface area contributed by atoms with Gasteiger partial charge in [-0.25, -0.2) is 0 Å². The van der Waals surface area contributed by atoms with E-state index >= 15 is 0 Å². The molecule has 0 aromatic carbocycles. The van der Waals surface area contributed by atoms with E-state index < -0.39 is 0 Å². The number of likely N-dealkylation sites (tertiary alicyclic amines) is 1. The highest BCUT2D eigenvalue weighted by Crippen LogP contribution is 2.26. The third kappa shape index (κ3) is 3.72. The van der Waals surface area contributed by atoms with E-state index in [0.29, 0.717) is 5.92 Å². The van der Waals surface area contributed by atoms with Crippen LogP contribution in [0.2, 0.25) is 0 Å². The van der Waals surface area contributed by atoms with Crippen molar-refractivity contribution in [2.24, 2.45) is 17.1 Å². The standard InChI is InChI=1S/C13H28N2O/c1-4-6-13(3,9-14)10-15-7-5-11(2)12(16)8-15/h11-12,16H,4-10,14H2,1-3H3. The summed E-state index contributed by atoms with van der Waals surface area (Å²) in [5.41, 5.74) is 6.10. The van der Waals surface area contributed by atoms with Gasteiger partial charge in [-0.2, -0.15) is 0 Å². The number of β-amino-alcohol motifs (C(OH)–C–C–N with tert-alkyl or cyclic N) is 1. The highest BCUT2D eigenvalue weighted by atomic mass is 16.3. The van der Waals surface area contributed by atoms with Crippen molar-refractivity contribution in [1.82, 2.24) is 4.90 Å². The lowest BCUT2D eigenvalue weighted by Gasteiger charge is -2.40. The quantitative estimate of drug-likeness (QED) is 0.749. The summed E-state index contributed by atoms with van der Waals surface area (Å²) < 4.78 is 0. The number of hydrogen-bond acceptors (Lipinski definition) is 3. The minimum Gasteiger partial charge on any atom is -0.392 e. The van der Waals surface area contributed by atoms with Crippen LogP contribution in [-0.2, 0) is 0 Å². The van der Waals surface area contributed by atoms with E-state index in [1.54, 1.807) is 0 Å². The molecule has 3 nitrogen and oxygen atoms in total. The number of rotatable bonds is 5. The fourth-order valence-corrected chi connectivity index (χ4v) is 2.65. The first-order valence-electron chi connectivity index (χ1n) is 6.61. The summed E-state index contributed by atoms with van der Waals surface area (Å²) in [5, 5.41) is 9.87. The van der Waals surface area contributed by atoms with E-state index in [0.717, 1.165) is 32.6 Å². The Balaban J connectivity index is 2.46. The molecule has 16 heavy (non-hydrogen) atoms. The molecule has 0 aromatic heterocycles. The number of aliphatic hydroxyl groups is 1. The molecular weight excluding hydrogens is 200 g/mol. The number of nitrogens with two attached hydrogens (primary N) is 1. The predicted octanol–water partition coefficient (Wildman–Crippen LogP) is 1.45. The lowest BCUT2D eigenvalue weighted by Crippen LogP contribution is -2.48. The highest BCUT2D eigenvalue weighted by Gasteiger charge is 2.30. The number of nitrogens with zero attached hydrogens (tertiary/aromatic N) is 1. The van der Waals surface area contributed by atoms with Crippen LogP contribution in [0.5, 0.6) is 0 Å². The van der Waals surface area contributed by atoms with Gasteiger partial charge in [-0.15, -0.1) is 0 Å². The molecule has 0 aromatic rings. The van der Waals surface area contributed by atoms with E-state index in [2.05, 4.69) is 25.7 Å². The third-order valence-corrected chi connectivity index (χ3v) is 3.95. The second kappa shape index (κ2) is 5.99. The Labute approximate surface area is 100 Å². The van der Waals surface area contributed by atoms with Crippen molar-refractivity contribution >= 4 is 0 Å². The first kappa shape index (κ1) is 13.9. The highest BCUT2D eigenvalue weighted by molar-refractivity contribution is 4.84. The van der Waals surface area contributed by atoms with E-state index in [1.165, 1.54) is 12.8 Å². The summed E-state index contributed by atoms with van der Waals surface area (Å²) in [6.45, 7) is 10.3. The zero-order chi connectivity index (χ0) is 12.2. The zero-order valence-electron chi connectivity index (χ0n) is 11.1. The van der Waals surface area contributed by atoms with Gasteiger partial charge in [0.15, 0.2) is 0 Å². The maximum Gasteiger partial charge on any atom is 0.0693 e. The average Bonchev–Trinajstić information content (AvgIpc) is 2.24. The zero-order valence-corrected chi connectivity index (χ0v) is 11.1. The van der Waals surface area contributed by atoms with Crippen molar-refractivity contribution in [2.75, 3.05) is 26.2 Å². The molecule has 0 radical (unpaired) electrons. The molecule has 3 heteroatoms. The lowest BCUT2D eigenvalue weighted by atomic mass is 9.84. The van der Waals surface area contributed by atoms with Gasteiger partial charge in [-0.3, -0.25) is 0 Å². The van der Waals surface area contributed by atoms with Crippen molar-refractivity contribution < 1.29 is 5.11 Å². The number of piperidine rings is 1. The second-order valence-corrected chi connectivity index (χ2v) is 5.83. The van der Waals surface area contributed by atoms with E-state index in [1.807, 2.05) is 0 Å². The van der Waals surface area contributed by atoms with Crippen LogP contribution in [0.25, 0.3) is 0 Å². The minimum absolute atomic E-state index is 0.155. The summed E-state index contributed by atoms with van der Waals surface area (Å²) in [6, 6.07) is 0. The van der Waals surface area contributed by atoms with E-state index in [4.69, 9.17) is 5.73 Å². The predicted molar refractivity (Wildman–Crippen MR) is 68.3 cm³/mol. The molecule has 1 aliphatic rings. The molecule has 1 fully saturated rings. The maximum atomic E-state index is 9.87. The SMILES string of the molecule is CCCC(C)(CN)CN1CCC(C)C(O)C1. The first-order chi connectivity index (χ1) is 7.50. The summed E-state index contributed by atoms with van der Waals surface area (Å²) >= 11 is 0. The molecule has 3 atom stereocenters. The Bertz CT molecular complexity index is 210. The number of aliphatic hydroxyl groups excluding tert-OH is 1. The van der Waals surface area contributed by atoms with Crippen LogP contribution in [-0.4, -0.2) is 42.3 Å². The van der Waals surface area contributed by atoms with Crippen LogP contribution in [0.1, 0.15) is 40.0 Å². The summed E-state index contributed by atoms with van der Waals surface area (Å²) in [6.07, 6.45) is 3.30. The summed E-state index contributed by atoms with van der Waals surface area (Å²) in [7, 11) is 0. The average molecular weight is 228 g/mol. The van der Waals surface area contributed by atoms with Crippen LogP contribution < -0.4 is 5.73 Å². The molecule has 3 unspecified atom stereocenters. The summed E-state index contributed by atoms with van der Waals surface area (Å²) in [5.74, 6) is 0.451. The number of hydrogen-bond donors (Lipinski definition) is 2. The lowest BCUT2D eigenvalue weighted by molar-refractivity contribution is 0.0119. The van der Waals surface area contributed by atoms with Gasteiger partial charge in [-0.05, 0) is 37.3 Å². The van der Waals surface area contributed by atoms with E-state index in [-0.39, 0.29) is 11.5 Å². The topological polar surface area (TPSA) is 49.5 Å². The molecule has 1 aliphatic heterocycles. The largest absolute Gasteiger partial charge is 0.392 e. The summed E-state index contributed by atoms with van der Waals surface area (Å²) in [4.78, 5) is 2.38. The Hall–Kier alpha value is -0.120. The van der Waals surface area contributed by atoms with Crippen LogP contribution >= 0.6 is 0 Å². The van der Waals surface area contributed by atoms with Gasteiger partial charge in [0.25, 0.3) is 0 Å². The van der Waals surface area contributed by atoms with Crippen molar-refractivity contribution in [3.8, 4) is 0 Å². The smallest absolute Gasteiger partial charge is 0.0693 e. The molecule has 1 heterocycles. The van der Waals surface area contributed by atoms with Gasteiger partial charge in [0.05, 0.1) is 6.10 Å². The molecule has 1 saturated heterocycles. The fraction of sp³-hybridized carbons (Fsp3) is 1.00. The Morgan fingerprint density at radius 2 is 2.19 bits per heavy atom. The Morgan fingerprint density at radius 1 is 1.50 bits per heavy atom. The van der Waals surface area contributed by atoms with Crippen LogP contribution in [0.15, 0.2) is 0 Å². The normalized spacial score (nSPS) is 31.3. The fourth-order valence-electron chi connectivity index (χ4n) is 2.65. The van der Waals surface area contributed by atoms with Gasteiger partial charge in [0.1, 0.15) is 0 Å². The molecule has 96 valence electrons. The van der Waals surface area contributed by atoms with Crippen molar-refractivity contribution in [3.63, 3.8) is 0 Å². The molecule has 0 bridgehead atoms. The Kier molecular flexibility index (Phi) is 5.22. The van der Waals surface area contributed by atoms with Gasteiger partial charge >= 0.3 is 0 Å². The first-order valence-corrected chi connectivity index (χ1v) is 6.61. The van der Waals surface area contributed by atoms with Crippen LogP contribution in [0.4, 0.5) is 0 Å². The van der Waals surface area contributed by atoms with Gasteiger partial charge in [-0.1, -0.05) is 27.2 Å². The van der Waals surface area contributed by atoms with Gasteiger partial charge in [0, 0.05) is 13.1 Å². The molecule has 0 amide bonds. The van der Waals surface area contributed by atoms with Crippen LogP contribution in [0.3, 0.4) is 0 Å². The maximum absolute atomic E-state index is 9.87. The molecule has 3 N–H and O–H groups in total. The van der Waals surface area contributed by atoms with Crippen molar-refractivity contribution in [3.05, 3.63) is 0 Å². The van der Waals surface area contributed by atoms with Gasteiger partial charge in [0.2, 0.25) is 0 Å². The molecular formula is C13H28N2O. The van der Waals surface area contributed by atoms with Crippen molar-refractivity contribution in [1.29, 1.82) is 0 Å². The molecule has 0 spiro atoms. The van der Waals surface area contributed by atoms with E-state index in [9.17, 15) is 5.11 Å². The molecule has 1 rings (SSSR count). The second-order valence-electron chi connectivity index (χ2n) is 5.83. The minimum atomic E-state index is -0.155. The molecule has 0 aliphatic carbocycles. The monoisotopic (exact) mass is 228 g/mol. The van der Waals surface area contributed by atoms with Gasteiger partial charge < -0.3 is 15.7 Å². The molecule has 0 saturated carbocycles. The van der Waals surface area contributed by atoms with Crippen molar-refractivity contribution in [2.45, 2.75) is 46.1 Å².